The molecular weight excluding hydrogens is 238 g/mol. The van der Waals surface area contributed by atoms with Crippen molar-refractivity contribution in [2.75, 3.05) is 0 Å². The maximum Gasteiger partial charge on any atom is 0.326 e. The van der Waals surface area contributed by atoms with Gasteiger partial charge in [-0.1, -0.05) is 13.8 Å². The quantitative estimate of drug-likeness (QED) is 0.670. The van der Waals surface area contributed by atoms with E-state index in [9.17, 15) is 9.59 Å². The molecule has 8 heteroatoms. The van der Waals surface area contributed by atoms with Gasteiger partial charge in [0.05, 0.1) is 6.54 Å². The average Bonchev–Trinajstić information content (AvgIpc) is 2.68. The Morgan fingerprint density at radius 1 is 1.50 bits per heavy atom. The van der Waals surface area contributed by atoms with Gasteiger partial charge < -0.3 is 20.3 Å². The fraction of sp³-hybridized carbons (Fsp3) is 0.600. The number of aryl methyl sites for hydroxylation is 1. The lowest BCUT2D eigenvalue weighted by Gasteiger charge is -2.18. The highest BCUT2D eigenvalue weighted by molar-refractivity contribution is 5.82. The maximum atomic E-state index is 11.5. The van der Waals surface area contributed by atoms with Gasteiger partial charge in [-0.3, -0.25) is 0 Å². The van der Waals surface area contributed by atoms with Crippen LogP contribution in [0.4, 0.5) is 4.79 Å². The van der Waals surface area contributed by atoms with Gasteiger partial charge in [0.1, 0.15) is 12.4 Å². The van der Waals surface area contributed by atoms with Crippen LogP contribution < -0.4 is 10.6 Å². The second-order valence-electron chi connectivity index (χ2n) is 4.25. The lowest BCUT2D eigenvalue weighted by atomic mass is 10.1. The van der Waals surface area contributed by atoms with Crippen molar-refractivity contribution in [2.24, 2.45) is 13.0 Å². The zero-order valence-corrected chi connectivity index (χ0v) is 10.5. The molecule has 18 heavy (non-hydrogen) atoms. The van der Waals surface area contributed by atoms with Crippen LogP contribution in [-0.4, -0.2) is 37.9 Å². The summed E-state index contributed by atoms with van der Waals surface area (Å²) >= 11 is 0. The predicted octanol–water partition coefficient (Wildman–Crippen LogP) is -0.276. The second kappa shape index (κ2) is 5.99. The molecule has 0 fully saturated rings. The van der Waals surface area contributed by atoms with Crippen LogP contribution in [0, 0.1) is 5.92 Å². The largest absolute Gasteiger partial charge is 0.480 e. The van der Waals surface area contributed by atoms with E-state index in [1.807, 2.05) is 0 Å². The molecular formula is C10H17N5O3. The molecule has 1 aromatic rings. The van der Waals surface area contributed by atoms with Gasteiger partial charge in [-0.25, -0.2) is 9.59 Å². The van der Waals surface area contributed by atoms with Gasteiger partial charge in [-0.15, -0.1) is 10.2 Å². The first-order chi connectivity index (χ1) is 8.41. The zero-order chi connectivity index (χ0) is 13.7. The van der Waals surface area contributed by atoms with Gasteiger partial charge in [-0.2, -0.15) is 0 Å². The van der Waals surface area contributed by atoms with Gasteiger partial charge in [0.25, 0.3) is 0 Å². The smallest absolute Gasteiger partial charge is 0.326 e. The van der Waals surface area contributed by atoms with Crippen LogP contribution in [0.2, 0.25) is 0 Å². The summed E-state index contributed by atoms with van der Waals surface area (Å²) in [6.45, 7) is 3.64. The van der Waals surface area contributed by atoms with E-state index in [1.54, 1.807) is 25.5 Å². The van der Waals surface area contributed by atoms with E-state index in [0.717, 1.165) is 0 Å². The van der Waals surface area contributed by atoms with Crippen molar-refractivity contribution >= 4 is 12.0 Å². The molecule has 0 aliphatic carbocycles. The Balaban J connectivity index is 2.46. The summed E-state index contributed by atoms with van der Waals surface area (Å²) in [5, 5.41) is 21.3. The minimum absolute atomic E-state index is 0.187. The third-order valence-corrected chi connectivity index (χ3v) is 2.43. The van der Waals surface area contributed by atoms with Crippen molar-refractivity contribution < 1.29 is 14.7 Å². The first-order valence-corrected chi connectivity index (χ1v) is 5.52. The average molecular weight is 255 g/mol. The van der Waals surface area contributed by atoms with Crippen LogP contribution in [0.5, 0.6) is 0 Å². The number of amides is 2. The molecule has 1 atom stereocenters. The molecule has 0 aliphatic rings. The molecule has 0 bridgehead atoms. The molecule has 2 amide bonds. The van der Waals surface area contributed by atoms with E-state index in [2.05, 4.69) is 20.8 Å². The maximum absolute atomic E-state index is 11.5. The van der Waals surface area contributed by atoms with Crippen LogP contribution >= 0.6 is 0 Å². The molecule has 0 unspecified atom stereocenters. The molecule has 100 valence electrons. The van der Waals surface area contributed by atoms with Gasteiger partial charge in [0.15, 0.2) is 5.82 Å². The molecule has 0 radical (unpaired) electrons. The summed E-state index contributed by atoms with van der Waals surface area (Å²) in [5.74, 6) is -0.663. The summed E-state index contributed by atoms with van der Waals surface area (Å²) in [6.07, 6.45) is 1.52. The van der Waals surface area contributed by atoms with Gasteiger partial charge in [0.2, 0.25) is 0 Å². The number of hydrogen-bond donors (Lipinski definition) is 3. The number of nitrogens with zero attached hydrogens (tertiary/aromatic N) is 3. The molecule has 0 saturated heterocycles. The molecule has 3 N–H and O–H groups in total. The molecule has 0 spiro atoms. The highest BCUT2D eigenvalue weighted by atomic mass is 16.4. The monoisotopic (exact) mass is 255 g/mol. The number of aliphatic carboxylic acids is 1. The topological polar surface area (TPSA) is 109 Å². The number of urea groups is 1. The number of carboxylic acids is 1. The van der Waals surface area contributed by atoms with E-state index in [0.29, 0.717) is 5.82 Å². The van der Waals surface area contributed by atoms with Crippen molar-refractivity contribution in [3.63, 3.8) is 0 Å². The van der Waals surface area contributed by atoms with E-state index in [1.165, 1.54) is 6.33 Å². The predicted molar refractivity (Wildman–Crippen MR) is 62.6 cm³/mol. The first kappa shape index (κ1) is 13.9. The third kappa shape index (κ3) is 3.72. The number of carbonyl (C=O) groups excluding carboxylic acids is 1. The lowest BCUT2D eigenvalue weighted by molar-refractivity contribution is -0.140. The second-order valence-corrected chi connectivity index (χ2v) is 4.25. The lowest BCUT2D eigenvalue weighted by Crippen LogP contribution is -2.48. The van der Waals surface area contributed by atoms with E-state index in [-0.39, 0.29) is 12.5 Å². The van der Waals surface area contributed by atoms with Crippen molar-refractivity contribution in [3.8, 4) is 0 Å². The summed E-state index contributed by atoms with van der Waals surface area (Å²) < 4.78 is 1.66. The van der Waals surface area contributed by atoms with Crippen LogP contribution in [0.25, 0.3) is 0 Å². The summed E-state index contributed by atoms with van der Waals surface area (Å²) in [4.78, 5) is 22.4. The van der Waals surface area contributed by atoms with Crippen LogP contribution in [-0.2, 0) is 18.4 Å². The SMILES string of the molecule is CC(C)[C@H](NC(=O)NCc1nncn1C)C(=O)O. The Hall–Kier alpha value is -2.12. The van der Waals surface area contributed by atoms with Crippen molar-refractivity contribution in [1.29, 1.82) is 0 Å². The van der Waals surface area contributed by atoms with Crippen LogP contribution in [0.1, 0.15) is 19.7 Å². The Morgan fingerprint density at radius 2 is 2.17 bits per heavy atom. The number of aromatic nitrogens is 3. The molecule has 1 rings (SSSR count). The number of hydrogen-bond acceptors (Lipinski definition) is 4. The van der Waals surface area contributed by atoms with Crippen LogP contribution in [0.3, 0.4) is 0 Å². The van der Waals surface area contributed by atoms with Gasteiger partial charge in [0, 0.05) is 7.05 Å². The molecule has 0 aliphatic heterocycles. The Labute approximate surface area is 104 Å². The Morgan fingerprint density at radius 3 is 2.61 bits per heavy atom. The minimum atomic E-state index is -1.06. The number of rotatable bonds is 5. The molecule has 0 saturated carbocycles. The third-order valence-electron chi connectivity index (χ3n) is 2.43. The van der Waals surface area contributed by atoms with E-state index in [4.69, 9.17) is 5.11 Å². The molecule has 1 aromatic heterocycles. The fourth-order valence-electron chi connectivity index (χ4n) is 1.33. The molecule has 8 nitrogen and oxygen atoms in total. The molecule has 0 aromatic carbocycles. The highest BCUT2D eigenvalue weighted by Crippen LogP contribution is 2.01. The fourth-order valence-corrected chi connectivity index (χ4v) is 1.33. The Kier molecular flexibility index (Phi) is 4.64. The van der Waals surface area contributed by atoms with Crippen molar-refractivity contribution in [1.82, 2.24) is 25.4 Å². The Bertz CT molecular complexity index is 429. The van der Waals surface area contributed by atoms with Crippen LogP contribution in [0.15, 0.2) is 6.33 Å². The number of nitrogens with one attached hydrogen (secondary N) is 2. The molecule has 1 heterocycles. The van der Waals surface area contributed by atoms with Gasteiger partial charge >= 0.3 is 12.0 Å². The highest BCUT2D eigenvalue weighted by Gasteiger charge is 2.23. The van der Waals surface area contributed by atoms with Gasteiger partial charge in [-0.05, 0) is 5.92 Å². The first-order valence-electron chi connectivity index (χ1n) is 5.52. The number of carbonyl (C=O) groups is 2. The number of carboxylic acid groups (broad SMARTS) is 1. The zero-order valence-electron chi connectivity index (χ0n) is 10.5. The van der Waals surface area contributed by atoms with Crippen molar-refractivity contribution in [3.05, 3.63) is 12.2 Å². The van der Waals surface area contributed by atoms with E-state index < -0.39 is 18.0 Å². The van der Waals surface area contributed by atoms with E-state index >= 15 is 0 Å². The minimum Gasteiger partial charge on any atom is -0.480 e. The summed E-state index contributed by atoms with van der Waals surface area (Å²) in [7, 11) is 1.75. The van der Waals surface area contributed by atoms with Crippen molar-refractivity contribution in [2.45, 2.75) is 26.4 Å². The summed E-state index contributed by atoms with van der Waals surface area (Å²) in [5.41, 5.74) is 0. The summed E-state index contributed by atoms with van der Waals surface area (Å²) in [6, 6.07) is -1.46. The standard InChI is InChI=1S/C10H17N5O3/c1-6(2)8(9(16)17)13-10(18)11-4-7-14-12-5-15(7)3/h5-6,8H,4H2,1-3H3,(H,16,17)(H2,11,13,18)/t8-/m0/s1. The normalized spacial score (nSPS) is 12.2.